The zero-order valence-corrected chi connectivity index (χ0v) is 65.8. The molecule has 3 nitrogen and oxygen atoms in total. The largest absolute Gasteiger partial charge is 0.455 e. The van der Waals surface area contributed by atoms with Crippen LogP contribution >= 0.6 is 0 Å². The summed E-state index contributed by atoms with van der Waals surface area (Å²) in [5.74, 6) is 0.129. The van der Waals surface area contributed by atoms with E-state index < -0.39 is 0 Å². The van der Waals surface area contributed by atoms with Crippen LogP contribution in [0.5, 0.6) is 0 Å². The van der Waals surface area contributed by atoms with E-state index in [2.05, 4.69) is 306 Å². The van der Waals surface area contributed by atoms with Crippen LogP contribution in [0.1, 0.15) is 225 Å². The number of furan rings is 2. The Morgan fingerprint density at radius 1 is 0.309 bits per heavy atom. The SMILES string of the molecule is CCCCCCCC1(CCCCCCC)c2ccccc2-c2ccc(-c3ccc4c(c3)C(C)(C)c3cc(-c5ccc(-c6cc7c(c8c6oc6ccccc68)-c6ccc(CC(Cc8ccc9c(c8)C(C)(C)c8c%10c(c%11c(oc%12ccccc%12%11)c8-9)-c8ccccc8C%10(C)C)c8ccccn8)cc6C7(C)C)cc5)ccc3-4)cc21. The average molecular weight is 1430 g/mol. The van der Waals surface area contributed by atoms with Crippen molar-refractivity contribution >= 4 is 43.9 Å². The van der Waals surface area contributed by atoms with E-state index in [1.54, 1.807) is 11.1 Å². The number of fused-ring (bicyclic) bond motifs is 25. The van der Waals surface area contributed by atoms with Crippen LogP contribution in [0.25, 0.3) is 133 Å². The van der Waals surface area contributed by atoms with E-state index in [4.69, 9.17) is 13.8 Å². The molecular formula is C107H99NO2. The second kappa shape index (κ2) is 25.7. The molecule has 0 fully saturated rings. The first-order chi connectivity index (χ1) is 53.5. The number of aromatic nitrogens is 1. The molecule has 544 valence electrons. The third kappa shape index (κ3) is 10.3. The zero-order valence-electron chi connectivity index (χ0n) is 65.8. The third-order valence-electron chi connectivity index (χ3n) is 27.6. The van der Waals surface area contributed by atoms with Crippen molar-refractivity contribution in [2.75, 3.05) is 0 Å². The minimum Gasteiger partial charge on any atom is -0.455 e. The van der Waals surface area contributed by atoms with Crippen molar-refractivity contribution < 1.29 is 8.83 Å². The van der Waals surface area contributed by atoms with Crippen LogP contribution in [0.3, 0.4) is 0 Å². The van der Waals surface area contributed by atoms with Crippen LogP contribution in [0.15, 0.2) is 252 Å². The lowest BCUT2D eigenvalue weighted by Crippen LogP contribution is -2.25. The van der Waals surface area contributed by atoms with Crippen LogP contribution in [-0.4, -0.2) is 4.98 Å². The van der Waals surface area contributed by atoms with Gasteiger partial charge in [-0.15, -0.1) is 0 Å². The Morgan fingerprint density at radius 2 is 0.745 bits per heavy atom. The minimum atomic E-state index is -0.306. The number of hydrogen-bond donors (Lipinski definition) is 0. The number of unbranched alkanes of at least 4 members (excludes halogenated alkanes) is 8. The van der Waals surface area contributed by atoms with Crippen LogP contribution in [0.2, 0.25) is 0 Å². The van der Waals surface area contributed by atoms with Crippen molar-refractivity contribution in [1.82, 2.24) is 4.98 Å². The summed E-state index contributed by atoms with van der Waals surface area (Å²) in [6, 6.07) is 91.0. The van der Waals surface area contributed by atoms with Gasteiger partial charge in [0.2, 0.25) is 0 Å². The molecule has 1 atom stereocenters. The molecule has 0 amide bonds. The number of benzene rings is 12. The van der Waals surface area contributed by atoms with Gasteiger partial charge in [0.05, 0.1) is 0 Å². The molecule has 0 radical (unpaired) electrons. The van der Waals surface area contributed by atoms with E-state index in [0.29, 0.717) is 0 Å². The summed E-state index contributed by atoms with van der Waals surface area (Å²) in [4.78, 5) is 5.14. The minimum absolute atomic E-state index is 0.0481. The van der Waals surface area contributed by atoms with E-state index in [-0.39, 0.29) is 33.0 Å². The maximum absolute atomic E-state index is 7.10. The van der Waals surface area contributed by atoms with Crippen LogP contribution in [0, 0.1) is 0 Å². The fourth-order valence-electron chi connectivity index (χ4n) is 22.0. The van der Waals surface area contributed by atoms with Crippen molar-refractivity contribution in [2.24, 2.45) is 0 Å². The summed E-state index contributed by atoms with van der Waals surface area (Å²) in [6.45, 7) is 24.2. The van der Waals surface area contributed by atoms with Gasteiger partial charge in [-0.3, -0.25) is 4.98 Å². The maximum atomic E-state index is 7.10. The molecule has 3 heteroatoms. The molecule has 1 unspecified atom stereocenters. The van der Waals surface area contributed by atoms with E-state index in [1.807, 2.05) is 6.20 Å². The van der Waals surface area contributed by atoms with Crippen molar-refractivity contribution in [2.45, 2.75) is 192 Å². The molecule has 12 aromatic carbocycles. The molecule has 3 heterocycles. The molecule has 3 aromatic heterocycles. The van der Waals surface area contributed by atoms with E-state index in [9.17, 15) is 0 Å². The Hall–Kier alpha value is -10.6. The van der Waals surface area contributed by atoms with Crippen LogP contribution in [-0.2, 0) is 39.9 Å². The summed E-state index contributed by atoms with van der Waals surface area (Å²) in [6.07, 6.45) is 19.2. The second-order valence-corrected chi connectivity index (χ2v) is 35.4. The Labute approximate surface area is 649 Å². The lowest BCUT2D eigenvalue weighted by atomic mass is 9.70. The van der Waals surface area contributed by atoms with Crippen molar-refractivity contribution in [1.29, 1.82) is 0 Å². The van der Waals surface area contributed by atoms with Gasteiger partial charge in [-0.2, -0.15) is 0 Å². The maximum Gasteiger partial charge on any atom is 0.144 e. The van der Waals surface area contributed by atoms with Gasteiger partial charge in [0, 0.05) is 77.6 Å². The first-order valence-corrected chi connectivity index (χ1v) is 41.4. The third-order valence-corrected chi connectivity index (χ3v) is 27.6. The number of hydrogen-bond acceptors (Lipinski definition) is 3. The van der Waals surface area contributed by atoms with E-state index >= 15 is 0 Å². The van der Waals surface area contributed by atoms with Crippen molar-refractivity contribution in [3.05, 3.63) is 315 Å². The Bertz CT molecular complexity index is 6240. The standard InChI is InChI=1S/C107H99NO2/c1-11-13-15-17-28-54-107(55-29-18-16-14-12-2)84-36-24-19-31-73(84)76-53-48-71(63-89(76)107)70-47-52-75-74-51-46-69(61-87(74)103(3,4)88(75)62-70)67-42-44-68(45-43-67)82-64-90-94(96-80-33-21-25-38-92(80)109-101(82)96)78-49-40-65(59-85(78)104(90,5)6)57-72(91-37-27-30-56-108-91)58-66-41-50-79-86(60-66)106(9,10)100-98(79)102-97(81-34-22-26-39-93(81)110-102)95-77-32-20-23-35-83(77)105(7,8)99(95)100/h19-27,30-53,56,59-64,72H,11-18,28-29,54-55,57-58H2,1-10H3. The highest BCUT2D eigenvalue weighted by atomic mass is 16.3. The number of para-hydroxylation sites is 2. The highest BCUT2D eigenvalue weighted by molar-refractivity contribution is 6.21. The molecule has 0 bridgehead atoms. The number of pyridine rings is 1. The highest BCUT2D eigenvalue weighted by Gasteiger charge is 2.50. The molecule has 5 aliphatic rings. The Morgan fingerprint density at radius 3 is 1.36 bits per heavy atom. The van der Waals surface area contributed by atoms with Gasteiger partial charge in [-0.1, -0.05) is 322 Å². The van der Waals surface area contributed by atoms with Gasteiger partial charge in [0.15, 0.2) is 0 Å². The zero-order chi connectivity index (χ0) is 74.7. The summed E-state index contributed by atoms with van der Waals surface area (Å²) in [7, 11) is 0. The normalized spacial score (nSPS) is 15.8. The first-order valence-electron chi connectivity index (χ1n) is 41.4. The topological polar surface area (TPSA) is 39.2 Å². The summed E-state index contributed by atoms with van der Waals surface area (Å²) in [5, 5.41) is 4.78. The molecule has 5 aliphatic carbocycles. The number of nitrogens with zero attached hydrogens (tertiary/aromatic N) is 1. The summed E-state index contributed by atoms with van der Waals surface area (Å²) < 4.78 is 14.2. The van der Waals surface area contributed by atoms with Crippen LogP contribution in [0.4, 0.5) is 0 Å². The van der Waals surface area contributed by atoms with E-state index in [0.717, 1.165) is 57.4 Å². The highest BCUT2D eigenvalue weighted by Crippen LogP contribution is 2.65. The summed E-state index contributed by atoms with van der Waals surface area (Å²) in [5.41, 5.74) is 41.6. The fraction of sp³-hybridized carbons (Fsp3) is 0.280. The predicted molar refractivity (Wildman–Crippen MR) is 461 cm³/mol. The molecule has 0 spiro atoms. The second-order valence-electron chi connectivity index (χ2n) is 35.4. The quantitative estimate of drug-likeness (QED) is 0.0714. The molecule has 0 N–H and O–H groups in total. The van der Waals surface area contributed by atoms with E-state index in [1.165, 1.54) is 227 Å². The van der Waals surface area contributed by atoms with Gasteiger partial charge in [-0.25, -0.2) is 0 Å². The van der Waals surface area contributed by atoms with Crippen LogP contribution < -0.4 is 0 Å². The molecular weight excluding hydrogens is 1330 g/mol. The average Bonchev–Trinajstić information content (AvgIpc) is 1.50. The fourth-order valence-corrected chi connectivity index (χ4v) is 22.0. The summed E-state index contributed by atoms with van der Waals surface area (Å²) >= 11 is 0. The Balaban J connectivity index is 0.599. The van der Waals surface area contributed by atoms with Gasteiger partial charge in [0.25, 0.3) is 0 Å². The first kappa shape index (κ1) is 68.6. The van der Waals surface area contributed by atoms with Gasteiger partial charge < -0.3 is 8.83 Å². The molecule has 0 saturated heterocycles. The van der Waals surface area contributed by atoms with Crippen molar-refractivity contribution in [3.63, 3.8) is 0 Å². The molecule has 110 heavy (non-hydrogen) atoms. The molecule has 15 aromatic rings. The van der Waals surface area contributed by atoms with Crippen molar-refractivity contribution in [3.8, 4) is 89.0 Å². The smallest absolute Gasteiger partial charge is 0.144 e. The number of rotatable bonds is 20. The lowest BCUT2D eigenvalue weighted by Gasteiger charge is -2.33. The van der Waals surface area contributed by atoms with Gasteiger partial charge in [-0.05, 0) is 219 Å². The van der Waals surface area contributed by atoms with Gasteiger partial charge in [0.1, 0.15) is 22.3 Å². The van der Waals surface area contributed by atoms with Gasteiger partial charge >= 0.3 is 0 Å². The molecule has 0 saturated carbocycles. The molecule has 20 rings (SSSR count). The predicted octanol–water partition coefficient (Wildman–Crippen LogP) is 29.7. The lowest BCUT2D eigenvalue weighted by molar-refractivity contribution is 0.399. The molecule has 0 aliphatic heterocycles. The Kier molecular flexibility index (Phi) is 16.1. The monoisotopic (exact) mass is 1430 g/mol.